The average molecular weight is 513 g/mol. The number of ether oxygens (including phenoxy) is 1. The molecular weight excluding hydrogens is 484 g/mol. The number of benzene rings is 3. The van der Waals surface area contributed by atoms with E-state index in [9.17, 15) is 14.7 Å². The Labute approximate surface area is 218 Å². The molecule has 188 valence electrons. The molecule has 7 heteroatoms. The Kier molecular flexibility index (Phi) is 6.56. The molecule has 6 nitrogen and oxygen atoms in total. The van der Waals surface area contributed by atoms with Crippen LogP contribution in [0.3, 0.4) is 0 Å². The van der Waals surface area contributed by atoms with Gasteiger partial charge in [-0.3, -0.25) is 9.36 Å². The number of aromatic nitrogens is 1. The van der Waals surface area contributed by atoms with Crippen molar-refractivity contribution in [3.8, 4) is 5.75 Å². The lowest BCUT2D eigenvalue weighted by atomic mass is 9.93. The van der Waals surface area contributed by atoms with Gasteiger partial charge in [0.1, 0.15) is 5.75 Å². The lowest BCUT2D eigenvalue weighted by Gasteiger charge is -2.25. The van der Waals surface area contributed by atoms with E-state index in [-0.39, 0.29) is 17.9 Å². The van der Waals surface area contributed by atoms with Crippen LogP contribution < -0.4 is 14.9 Å². The molecule has 0 fully saturated rings. The van der Waals surface area contributed by atoms with Crippen molar-refractivity contribution in [2.45, 2.75) is 39.7 Å². The summed E-state index contributed by atoms with van der Waals surface area (Å²) in [5.74, 6) is -0.0392. The number of hydrogen-bond acceptors (Lipinski definition) is 6. The molecule has 0 saturated carbocycles. The molecule has 1 aliphatic heterocycles. The van der Waals surface area contributed by atoms with Crippen LogP contribution in [0.4, 0.5) is 0 Å². The Morgan fingerprint density at radius 1 is 1.14 bits per heavy atom. The van der Waals surface area contributed by atoms with Gasteiger partial charge in [-0.05, 0) is 53.8 Å². The van der Waals surface area contributed by atoms with Crippen LogP contribution in [0.15, 0.2) is 81.7 Å². The largest absolute Gasteiger partial charge is 0.507 e. The maximum atomic E-state index is 13.9. The number of carbonyl (C=O) groups excluding carboxylic acids is 1. The van der Waals surface area contributed by atoms with Crippen LogP contribution in [0.5, 0.6) is 5.75 Å². The van der Waals surface area contributed by atoms with Crippen molar-refractivity contribution in [1.82, 2.24) is 4.57 Å². The van der Waals surface area contributed by atoms with Gasteiger partial charge in [0, 0.05) is 5.56 Å². The molecule has 1 N–H and O–H groups in total. The van der Waals surface area contributed by atoms with E-state index in [1.54, 1.807) is 30.6 Å². The summed E-state index contributed by atoms with van der Waals surface area (Å²) in [5, 5.41) is 12.5. The highest BCUT2D eigenvalue weighted by atomic mass is 32.1. The maximum Gasteiger partial charge on any atom is 0.338 e. The van der Waals surface area contributed by atoms with E-state index in [1.165, 1.54) is 16.9 Å². The summed E-state index contributed by atoms with van der Waals surface area (Å²) >= 11 is 1.24. The van der Waals surface area contributed by atoms with E-state index in [0.29, 0.717) is 32.1 Å². The molecule has 37 heavy (non-hydrogen) atoms. The number of carbonyl (C=O) groups is 1. The number of thiazole rings is 1. The Morgan fingerprint density at radius 2 is 1.86 bits per heavy atom. The van der Waals surface area contributed by atoms with Gasteiger partial charge in [-0.2, -0.15) is 0 Å². The van der Waals surface area contributed by atoms with Gasteiger partial charge in [0.2, 0.25) is 0 Å². The minimum Gasteiger partial charge on any atom is -0.507 e. The van der Waals surface area contributed by atoms with Crippen LogP contribution in [-0.2, 0) is 9.53 Å². The van der Waals surface area contributed by atoms with E-state index in [2.05, 4.69) is 18.8 Å². The fourth-order valence-corrected chi connectivity index (χ4v) is 5.77. The fourth-order valence-electron chi connectivity index (χ4n) is 4.74. The normalized spacial score (nSPS) is 15.7. The average Bonchev–Trinajstić information content (AvgIpc) is 3.19. The van der Waals surface area contributed by atoms with Crippen LogP contribution in [0.2, 0.25) is 0 Å². The van der Waals surface area contributed by atoms with Gasteiger partial charge < -0.3 is 9.84 Å². The van der Waals surface area contributed by atoms with E-state index >= 15 is 0 Å². The number of aromatic hydroxyl groups is 1. The third-order valence-corrected chi connectivity index (χ3v) is 7.64. The van der Waals surface area contributed by atoms with Crippen molar-refractivity contribution in [2.24, 2.45) is 4.99 Å². The van der Waals surface area contributed by atoms with Gasteiger partial charge in [-0.15, -0.1) is 0 Å². The number of phenols is 1. The molecule has 1 aromatic heterocycles. The molecule has 1 aliphatic rings. The molecule has 0 saturated heterocycles. The first kappa shape index (κ1) is 24.7. The van der Waals surface area contributed by atoms with Gasteiger partial charge in [0.05, 0.1) is 28.5 Å². The van der Waals surface area contributed by atoms with Crippen molar-refractivity contribution < 1.29 is 14.6 Å². The Hall–Kier alpha value is -3.97. The molecule has 3 aromatic carbocycles. The minimum absolute atomic E-state index is 0.0914. The highest BCUT2D eigenvalue weighted by molar-refractivity contribution is 7.07. The van der Waals surface area contributed by atoms with Crippen molar-refractivity contribution in [2.75, 3.05) is 6.61 Å². The Morgan fingerprint density at radius 3 is 2.57 bits per heavy atom. The van der Waals surface area contributed by atoms with E-state index in [4.69, 9.17) is 4.74 Å². The van der Waals surface area contributed by atoms with Crippen molar-refractivity contribution in [1.29, 1.82) is 0 Å². The molecule has 1 atom stereocenters. The van der Waals surface area contributed by atoms with Crippen molar-refractivity contribution in [3.63, 3.8) is 0 Å². The number of esters is 1. The van der Waals surface area contributed by atoms with E-state index in [0.717, 1.165) is 16.3 Å². The van der Waals surface area contributed by atoms with Crippen LogP contribution >= 0.6 is 11.3 Å². The van der Waals surface area contributed by atoms with Crippen LogP contribution in [-0.4, -0.2) is 22.2 Å². The van der Waals surface area contributed by atoms with Crippen molar-refractivity contribution in [3.05, 3.63) is 108 Å². The molecule has 0 aliphatic carbocycles. The predicted molar refractivity (Wildman–Crippen MR) is 147 cm³/mol. The molecule has 0 unspecified atom stereocenters. The summed E-state index contributed by atoms with van der Waals surface area (Å²) in [6.45, 7) is 7.99. The fraction of sp³-hybridized carbons (Fsp3) is 0.233. The summed E-state index contributed by atoms with van der Waals surface area (Å²) in [5.41, 5.74) is 3.15. The Bertz CT molecular complexity index is 1730. The van der Waals surface area contributed by atoms with Gasteiger partial charge in [0.15, 0.2) is 4.80 Å². The van der Waals surface area contributed by atoms with Gasteiger partial charge in [0.25, 0.3) is 5.56 Å². The van der Waals surface area contributed by atoms with Crippen LogP contribution in [0, 0.1) is 0 Å². The zero-order chi connectivity index (χ0) is 26.3. The van der Waals surface area contributed by atoms with Crippen molar-refractivity contribution >= 4 is 34.2 Å². The van der Waals surface area contributed by atoms with Gasteiger partial charge >= 0.3 is 5.97 Å². The van der Waals surface area contributed by atoms with Crippen LogP contribution in [0.25, 0.3) is 16.8 Å². The lowest BCUT2D eigenvalue weighted by molar-refractivity contribution is -0.139. The zero-order valence-electron chi connectivity index (χ0n) is 21.2. The number of phenolic OH excluding ortho intramolecular Hbond substituents is 1. The van der Waals surface area contributed by atoms with Gasteiger partial charge in [-0.1, -0.05) is 79.8 Å². The summed E-state index contributed by atoms with van der Waals surface area (Å²) in [6, 6.07) is 18.5. The van der Waals surface area contributed by atoms with Crippen LogP contribution in [0.1, 0.15) is 56.3 Å². The molecular formula is C30H28N2O4S. The predicted octanol–water partition coefficient (Wildman–Crippen LogP) is 4.78. The molecule has 0 amide bonds. The first-order valence-electron chi connectivity index (χ1n) is 12.3. The smallest absolute Gasteiger partial charge is 0.338 e. The lowest BCUT2D eigenvalue weighted by Crippen LogP contribution is -2.39. The highest BCUT2D eigenvalue weighted by Crippen LogP contribution is 2.32. The Balaban J connectivity index is 1.75. The molecule has 0 bridgehead atoms. The highest BCUT2D eigenvalue weighted by Gasteiger charge is 2.33. The maximum absolute atomic E-state index is 13.9. The van der Waals surface area contributed by atoms with E-state index in [1.807, 2.05) is 54.6 Å². The first-order valence-corrected chi connectivity index (χ1v) is 13.1. The monoisotopic (exact) mass is 512 g/mol. The van der Waals surface area contributed by atoms with Gasteiger partial charge in [-0.25, -0.2) is 9.79 Å². The summed E-state index contributed by atoms with van der Waals surface area (Å²) in [7, 11) is 0. The summed E-state index contributed by atoms with van der Waals surface area (Å²) in [4.78, 5) is 32.1. The topological polar surface area (TPSA) is 80.9 Å². The first-order chi connectivity index (χ1) is 17.8. The summed E-state index contributed by atoms with van der Waals surface area (Å²) < 4.78 is 7.37. The molecule has 2 heterocycles. The second-order valence-corrected chi connectivity index (χ2v) is 10.4. The molecule has 0 spiro atoms. The summed E-state index contributed by atoms with van der Waals surface area (Å²) in [6.07, 6.45) is 1.71. The quantitative estimate of drug-likeness (QED) is 0.390. The van der Waals surface area contributed by atoms with E-state index < -0.39 is 12.0 Å². The number of fused-ring (bicyclic) bond motifs is 2. The SMILES string of the molecule is CCOC(=O)C1=C(C)N=c2s/c(=C\c3c(O)ccc4ccccc34)c(=O)n2[C@H]1c1ccc(C(C)C)cc1. The molecule has 5 rings (SSSR count). The number of nitrogens with zero attached hydrogens (tertiary/aromatic N) is 2. The standard InChI is InChI=1S/C30H28N2O4S/c1-5-36-29(35)26-18(4)31-30-32(27(26)21-12-10-19(11-13-21)17(2)3)28(34)25(37-30)16-23-22-9-7-6-8-20(22)14-15-24(23)33/h6-17,27,33H,5H2,1-4H3/b25-16-/t27-/m0/s1. The molecule has 4 aromatic rings. The third kappa shape index (κ3) is 4.40. The molecule has 0 radical (unpaired) electrons. The third-order valence-electron chi connectivity index (χ3n) is 6.66. The second-order valence-electron chi connectivity index (χ2n) is 9.34. The number of hydrogen-bond donors (Lipinski definition) is 1. The zero-order valence-corrected chi connectivity index (χ0v) is 22.0. The second kappa shape index (κ2) is 9.82. The minimum atomic E-state index is -0.667. The number of allylic oxidation sites excluding steroid dienone is 1. The number of rotatable bonds is 5.